The smallest absolute Gasteiger partial charge is 0.226 e. The maximum absolute atomic E-state index is 9.45. The van der Waals surface area contributed by atoms with E-state index in [1.807, 2.05) is 19.9 Å². The van der Waals surface area contributed by atoms with Crippen molar-refractivity contribution in [2.24, 2.45) is 0 Å². The molecule has 0 aliphatic heterocycles. The third-order valence-electron chi connectivity index (χ3n) is 3.14. The SMILES string of the molecule is CCNc1nc(NC(CO)(CO)CO)c2cc(C)sc2n1. The number of aliphatic hydroxyl groups excluding tert-OH is 3. The molecule has 0 aromatic carbocycles. The maximum atomic E-state index is 9.45. The molecule has 21 heavy (non-hydrogen) atoms. The fourth-order valence-electron chi connectivity index (χ4n) is 1.89. The number of aryl methyl sites for hydroxylation is 1. The van der Waals surface area contributed by atoms with Crippen molar-refractivity contribution in [3.8, 4) is 0 Å². The molecule has 0 fully saturated rings. The second-order valence-electron chi connectivity index (χ2n) is 4.88. The summed E-state index contributed by atoms with van der Waals surface area (Å²) in [6.45, 7) is 3.36. The number of nitrogens with zero attached hydrogens (tertiary/aromatic N) is 2. The van der Waals surface area contributed by atoms with Gasteiger partial charge >= 0.3 is 0 Å². The zero-order valence-electron chi connectivity index (χ0n) is 12.1. The van der Waals surface area contributed by atoms with Crippen molar-refractivity contribution in [2.75, 3.05) is 37.0 Å². The van der Waals surface area contributed by atoms with Crippen molar-refractivity contribution in [1.29, 1.82) is 0 Å². The molecular formula is C13H20N4O3S. The Morgan fingerprint density at radius 2 is 1.86 bits per heavy atom. The topological polar surface area (TPSA) is 111 Å². The molecule has 0 atom stereocenters. The van der Waals surface area contributed by atoms with Crippen molar-refractivity contribution in [3.05, 3.63) is 10.9 Å². The van der Waals surface area contributed by atoms with E-state index in [0.29, 0.717) is 18.3 Å². The normalized spacial score (nSPS) is 11.9. The zero-order chi connectivity index (χ0) is 15.5. The molecule has 116 valence electrons. The Morgan fingerprint density at radius 3 is 2.43 bits per heavy atom. The van der Waals surface area contributed by atoms with Crippen LogP contribution in [0.25, 0.3) is 10.2 Å². The number of aliphatic hydroxyl groups is 3. The van der Waals surface area contributed by atoms with E-state index in [-0.39, 0.29) is 0 Å². The van der Waals surface area contributed by atoms with Crippen molar-refractivity contribution in [3.63, 3.8) is 0 Å². The first-order valence-electron chi connectivity index (χ1n) is 6.70. The number of nitrogens with one attached hydrogen (secondary N) is 2. The minimum Gasteiger partial charge on any atom is -0.394 e. The number of hydrogen-bond donors (Lipinski definition) is 5. The molecule has 0 saturated heterocycles. The van der Waals surface area contributed by atoms with Gasteiger partial charge in [0.1, 0.15) is 16.2 Å². The molecule has 0 aliphatic carbocycles. The van der Waals surface area contributed by atoms with E-state index in [9.17, 15) is 15.3 Å². The third kappa shape index (κ3) is 3.24. The highest BCUT2D eigenvalue weighted by molar-refractivity contribution is 7.18. The van der Waals surface area contributed by atoms with Gasteiger partial charge in [-0.3, -0.25) is 0 Å². The highest BCUT2D eigenvalue weighted by atomic mass is 32.1. The minimum atomic E-state index is -1.22. The zero-order valence-corrected chi connectivity index (χ0v) is 12.9. The van der Waals surface area contributed by atoms with Crippen LogP contribution in [-0.4, -0.2) is 57.2 Å². The first-order chi connectivity index (χ1) is 10.1. The number of aromatic nitrogens is 2. The minimum absolute atomic E-state index is 0.412. The van der Waals surface area contributed by atoms with Gasteiger partial charge < -0.3 is 26.0 Å². The molecule has 2 aromatic rings. The largest absolute Gasteiger partial charge is 0.394 e. The Hall–Kier alpha value is -1.48. The van der Waals surface area contributed by atoms with Gasteiger partial charge in [0, 0.05) is 11.4 Å². The summed E-state index contributed by atoms with van der Waals surface area (Å²) in [5.74, 6) is 0.953. The van der Waals surface area contributed by atoms with Crippen LogP contribution in [0.15, 0.2) is 6.07 Å². The summed E-state index contributed by atoms with van der Waals surface area (Å²) in [6, 6.07) is 1.94. The predicted octanol–water partition coefficient (Wildman–Crippen LogP) is 0.559. The van der Waals surface area contributed by atoms with Gasteiger partial charge in [0.05, 0.1) is 25.2 Å². The molecule has 0 bridgehead atoms. The van der Waals surface area contributed by atoms with Crippen LogP contribution in [-0.2, 0) is 0 Å². The van der Waals surface area contributed by atoms with Gasteiger partial charge in [0.2, 0.25) is 5.95 Å². The van der Waals surface area contributed by atoms with E-state index >= 15 is 0 Å². The van der Waals surface area contributed by atoms with Gasteiger partial charge in [-0.25, -0.2) is 4.98 Å². The highest BCUT2D eigenvalue weighted by Gasteiger charge is 2.29. The second kappa shape index (κ2) is 6.52. The molecule has 8 heteroatoms. The standard InChI is InChI=1S/C13H20N4O3S/c1-3-14-12-15-10(17-13(5-18,6-19)7-20)9-4-8(2)21-11(9)16-12/h4,18-20H,3,5-7H2,1-2H3,(H2,14,15,16,17). The maximum Gasteiger partial charge on any atom is 0.226 e. The summed E-state index contributed by atoms with van der Waals surface area (Å²) in [7, 11) is 0. The van der Waals surface area contributed by atoms with Crippen molar-refractivity contribution in [1.82, 2.24) is 9.97 Å². The Balaban J connectivity index is 2.49. The average Bonchev–Trinajstić information content (AvgIpc) is 2.86. The Bertz CT molecular complexity index is 604. The molecule has 7 nitrogen and oxygen atoms in total. The molecule has 5 N–H and O–H groups in total. The van der Waals surface area contributed by atoms with Gasteiger partial charge in [-0.05, 0) is 19.9 Å². The average molecular weight is 312 g/mol. The van der Waals surface area contributed by atoms with Gasteiger partial charge in [0.25, 0.3) is 0 Å². The van der Waals surface area contributed by atoms with E-state index in [4.69, 9.17) is 0 Å². The third-order valence-corrected chi connectivity index (χ3v) is 4.09. The molecular weight excluding hydrogens is 292 g/mol. The number of fused-ring (bicyclic) bond motifs is 1. The van der Waals surface area contributed by atoms with Crippen LogP contribution in [0.5, 0.6) is 0 Å². The second-order valence-corrected chi connectivity index (χ2v) is 6.12. The van der Waals surface area contributed by atoms with Crippen LogP contribution in [0.4, 0.5) is 11.8 Å². The summed E-state index contributed by atoms with van der Waals surface area (Å²) < 4.78 is 0. The van der Waals surface area contributed by atoms with Crippen LogP contribution in [0, 0.1) is 6.92 Å². The molecule has 0 unspecified atom stereocenters. The lowest BCUT2D eigenvalue weighted by atomic mass is 10.0. The Kier molecular flexibility index (Phi) is 4.94. The first kappa shape index (κ1) is 15.9. The molecule has 0 spiro atoms. The fraction of sp³-hybridized carbons (Fsp3) is 0.538. The summed E-state index contributed by atoms with van der Waals surface area (Å²) in [5.41, 5.74) is -1.22. The van der Waals surface area contributed by atoms with Crippen molar-refractivity contribution in [2.45, 2.75) is 19.4 Å². The lowest BCUT2D eigenvalue weighted by molar-refractivity contribution is 0.0832. The van der Waals surface area contributed by atoms with E-state index in [2.05, 4.69) is 20.6 Å². The van der Waals surface area contributed by atoms with Crippen LogP contribution in [0.1, 0.15) is 11.8 Å². The number of hydrogen-bond acceptors (Lipinski definition) is 8. The van der Waals surface area contributed by atoms with Crippen LogP contribution in [0.3, 0.4) is 0 Å². The van der Waals surface area contributed by atoms with Crippen LogP contribution >= 0.6 is 11.3 Å². The first-order valence-corrected chi connectivity index (χ1v) is 7.52. The highest BCUT2D eigenvalue weighted by Crippen LogP contribution is 2.31. The lowest BCUT2D eigenvalue weighted by Gasteiger charge is -2.29. The van der Waals surface area contributed by atoms with Gasteiger partial charge in [0.15, 0.2) is 0 Å². The van der Waals surface area contributed by atoms with Crippen LogP contribution in [0.2, 0.25) is 0 Å². The Morgan fingerprint density at radius 1 is 1.19 bits per heavy atom. The number of rotatable bonds is 7. The Labute approximate surface area is 126 Å². The van der Waals surface area contributed by atoms with E-state index < -0.39 is 25.4 Å². The summed E-state index contributed by atoms with van der Waals surface area (Å²) in [6.07, 6.45) is 0. The monoisotopic (exact) mass is 312 g/mol. The van der Waals surface area contributed by atoms with Gasteiger partial charge in [-0.1, -0.05) is 0 Å². The van der Waals surface area contributed by atoms with E-state index in [0.717, 1.165) is 15.1 Å². The van der Waals surface area contributed by atoms with Crippen molar-refractivity contribution >= 4 is 33.3 Å². The summed E-state index contributed by atoms with van der Waals surface area (Å²) >= 11 is 1.54. The molecule has 2 aromatic heterocycles. The van der Waals surface area contributed by atoms with E-state index in [1.54, 1.807) is 0 Å². The fourth-order valence-corrected chi connectivity index (χ4v) is 2.77. The molecule has 2 heterocycles. The number of thiophene rings is 1. The number of anilines is 2. The quantitative estimate of drug-likeness (QED) is 0.508. The van der Waals surface area contributed by atoms with Crippen LogP contribution < -0.4 is 10.6 Å². The summed E-state index contributed by atoms with van der Waals surface area (Å²) in [5, 5.41) is 35.2. The van der Waals surface area contributed by atoms with Gasteiger partial charge in [-0.2, -0.15) is 4.98 Å². The van der Waals surface area contributed by atoms with Gasteiger partial charge in [-0.15, -0.1) is 11.3 Å². The van der Waals surface area contributed by atoms with Crippen molar-refractivity contribution < 1.29 is 15.3 Å². The summed E-state index contributed by atoms with van der Waals surface area (Å²) in [4.78, 5) is 10.7. The molecule has 0 aliphatic rings. The molecule has 0 amide bonds. The predicted molar refractivity (Wildman–Crippen MR) is 83.9 cm³/mol. The molecule has 0 radical (unpaired) electrons. The molecule has 0 saturated carbocycles. The van der Waals surface area contributed by atoms with E-state index in [1.165, 1.54) is 11.3 Å². The lowest BCUT2D eigenvalue weighted by Crippen LogP contribution is -2.49. The molecule has 2 rings (SSSR count).